The number of hydrogen-bond donors (Lipinski definition) is 2. The quantitative estimate of drug-likeness (QED) is 0.676. The van der Waals surface area contributed by atoms with Gasteiger partial charge in [0.25, 0.3) is 5.56 Å². The molecule has 1 heterocycles. The molecule has 0 aliphatic heterocycles. The molecule has 0 bridgehead atoms. The van der Waals surface area contributed by atoms with Gasteiger partial charge in [-0.15, -0.1) is 0 Å². The third-order valence-electron chi connectivity index (χ3n) is 4.16. The second kappa shape index (κ2) is 8.62. The van der Waals surface area contributed by atoms with Crippen LogP contribution >= 0.6 is 0 Å². The Kier molecular flexibility index (Phi) is 6.53. The van der Waals surface area contributed by atoms with Gasteiger partial charge in [0, 0.05) is 18.0 Å². The number of aromatic nitrogens is 1. The molecule has 0 unspecified atom stereocenters. The summed E-state index contributed by atoms with van der Waals surface area (Å²) in [5, 5.41) is 20.8. The average Bonchev–Trinajstić information content (AvgIpc) is 2.57. The first-order valence-electron chi connectivity index (χ1n) is 8.81. The van der Waals surface area contributed by atoms with E-state index in [0.29, 0.717) is 24.1 Å². The number of pyridine rings is 1. The lowest BCUT2D eigenvalue weighted by Gasteiger charge is -2.16. The Hall–Kier alpha value is -2.17. The third-order valence-corrected chi connectivity index (χ3v) is 4.16. The molecule has 0 fully saturated rings. The Balaban J connectivity index is 2.46. The average molecular weight is 333 g/mol. The van der Waals surface area contributed by atoms with Gasteiger partial charge in [-0.3, -0.25) is 4.79 Å². The summed E-state index contributed by atoms with van der Waals surface area (Å²) in [6.45, 7) is 5.14. The topological polar surface area (TPSA) is 71.7 Å². The number of benzene rings is 1. The minimum atomic E-state index is -0.462. The first-order valence-corrected chi connectivity index (χ1v) is 8.81. The number of fused-ring (bicyclic) bond motifs is 1. The van der Waals surface area contributed by atoms with Crippen molar-refractivity contribution in [2.24, 2.45) is 0 Å². The van der Waals surface area contributed by atoms with Crippen molar-refractivity contribution >= 4 is 10.9 Å². The molecule has 0 spiro atoms. The van der Waals surface area contributed by atoms with Crippen LogP contribution in [0.1, 0.15) is 52.4 Å². The SMILES string of the molecule is CCCCCCn1c(=O)c(O)c(OCCCC)c2ccc(O)cc21. The van der Waals surface area contributed by atoms with E-state index in [1.54, 1.807) is 18.2 Å². The molecule has 0 aliphatic carbocycles. The number of phenols is 1. The number of nitrogens with zero attached hydrogens (tertiary/aromatic N) is 1. The fraction of sp³-hybridized carbons (Fsp3) is 0.526. The zero-order chi connectivity index (χ0) is 17.5. The maximum Gasteiger partial charge on any atom is 0.297 e. The Bertz CT molecular complexity index is 736. The predicted octanol–water partition coefficient (Wildman–Crippen LogP) is 4.17. The van der Waals surface area contributed by atoms with E-state index in [9.17, 15) is 15.0 Å². The van der Waals surface area contributed by atoms with Gasteiger partial charge in [0.05, 0.1) is 12.1 Å². The first-order chi connectivity index (χ1) is 11.6. The lowest BCUT2D eigenvalue weighted by molar-refractivity contribution is 0.293. The van der Waals surface area contributed by atoms with Crippen molar-refractivity contribution in [2.45, 2.75) is 58.9 Å². The van der Waals surface area contributed by atoms with Crippen LogP contribution in [0.25, 0.3) is 10.9 Å². The molecule has 1 aromatic carbocycles. The number of rotatable bonds is 9. The number of phenolic OH excluding ortho intramolecular Hbond substituents is 1. The normalized spacial score (nSPS) is 11.1. The number of ether oxygens (including phenoxy) is 1. The summed E-state index contributed by atoms with van der Waals surface area (Å²) >= 11 is 0. The lowest BCUT2D eigenvalue weighted by atomic mass is 10.1. The fourth-order valence-corrected chi connectivity index (χ4v) is 2.78. The molecule has 2 aromatic rings. The van der Waals surface area contributed by atoms with Crippen molar-refractivity contribution in [1.82, 2.24) is 4.57 Å². The predicted molar refractivity (Wildman–Crippen MR) is 96.1 cm³/mol. The molecule has 0 amide bonds. The van der Waals surface area contributed by atoms with E-state index in [4.69, 9.17) is 4.74 Å². The molecule has 2 rings (SSSR count). The lowest BCUT2D eigenvalue weighted by Crippen LogP contribution is -2.21. The summed E-state index contributed by atoms with van der Waals surface area (Å²) in [5.74, 6) is -0.0394. The molecule has 1 aromatic heterocycles. The van der Waals surface area contributed by atoms with Gasteiger partial charge in [0.15, 0.2) is 5.75 Å². The zero-order valence-electron chi connectivity index (χ0n) is 14.5. The van der Waals surface area contributed by atoms with Crippen LogP contribution in [0.3, 0.4) is 0 Å². The Morgan fingerprint density at radius 3 is 2.50 bits per heavy atom. The van der Waals surface area contributed by atoms with Crippen LogP contribution in [0.5, 0.6) is 17.2 Å². The third kappa shape index (κ3) is 4.02. The van der Waals surface area contributed by atoms with Crippen molar-refractivity contribution in [3.05, 3.63) is 28.6 Å². The number of hydrogen-bond acceptors (Lipinski definition) is 4. The molecule has 5 heteroatoms. The summed E-state index contributed by atoms with van der Waals surface area (Å²) in [7, 11) is 0. The molecule has 2 N–H and O–H groups in total. The van der Waals surface area contributed by atoms with Crippen LogP contribution in [0.4, 0.5) is 0 Å². The highest BCUT2D eigenvalue weighted by Gasteiger charge is 2.17. The molecule has 0 saturated carbocycles. The monoisotopic (exact) mass is 333 g/mol. The van der Waals surface area contributed by atoms with Gasteiger partial charge >= 0.3 is 0 Å². The van der Waals surface area contributed by atoms with Crippen LogP contribution < -0.4 is 10.3 Å². The van der Waals surface area contributed by atoms with E-state index in [1.807, 2.05) is 6.92 Å². The summed E-state index contributed by atoms with van der Waals surface area (Å²) in [6.07, 6.45) is 5.92. The molecule has 0 atom stereocenters. The number of aromatic hydroxyl groups is 2. The zero-order valence-corrected chi connectivity index (χ0v) is 14.5. The van der Waals surface area contributed by atoms with Crippen molar-refractivity contribution < 1.29 is 14.9 Å². The van der Waals surface area contributed by atoms with Crippen LogP contribution in [-0.2, 0) is 6.54 Å². The summed E-state index contributed by atoms with van der Waals surface area (Å²) in [5.41, 5.74) is 0.136. The number of unbranched alkanes of at least 4 members (excludes halogenated alkanes) is 4. The maximum atomic E-state index is 12.6. The van der Waals surface area contributed by atoms with E-state index in [1.165, 1.54) is 4.57 Å². The molecule has 24 heavy (non-hydrogen) atoms. The van der Waals surface area contributed by atoms with Gasteiger partial charge in [-0.1, -0.05) is 39.5 Å². The highest BCUT2D eigenvalue weighted by Crippen LogP contribution is 2.34. The van der Waals surface area contributed by atoms with Gasteiger partial charge in [0.2, 0.25) is 5.75 Å². The van der Waals surface area contributed by atoms with Gasteiger partial charge < -0.3 is 19.5 Å². The minimum Gasteiger partial charge on any atom is -0.508 e. The van der Waals surface area contributed by atoms with Gasteiger partial charge in [-0.2, -0.15) is 0 Å². The van der Waals surface area contributed by atoms with E-state index in [0.717, 1.165) is 38.5 Å². The van der Waals surface area contributed by atoms with Crippen molar-refractivity contribution in [3.8, 4) is 17.2 Å². The van der Waals surface area contributed by atoms with Crippen molar-refractivity contribution in [2.75, 3.05) is 6.61 Å². The summed E-state index contributed by atoms with van der Waals surface area (Å²) in [6, 6.07) is 4.79. The van der Waals surface area contributed by atoms with E-state index in [-0.39, 0.29) is 17.2 Å². The van der Waals surface area contributed by atoms with Gasteiger partial charge in [-0.25, -0.2) is 0 Å². The molecule has 0 saturated heterocycles. The highest BCUT2D eigenvalue weighted by atomic mass is 16.5. The molecule has 0 radical (unpaired) electrons. The van der Waals surface area contributed by atoms with Gasteiger partial charge in [-0.05, 0) is 25.0 Å². The summed E-state index contributed by atoms with van der Waals surface area (Å²) in [4.78, 5) is 12.6. The molecular weight excluding hydrogens is 306 g/mol. The van der Waals surface area contributed by atoms with Crippen LogP contribution in [0.2, 0.25) is 0 Å². The smallest absolute Gasteiger partial charge is 0.297 e. The largest absolute Gasteiger partial charge is 0.508 e. The minimum absolute atomic E-state index is 0.0920. The maximum absolute atomic E-state index is 12.6. The van der Waals surface area contributed by atoms with Crippen LogP contribution in [-0.4, -0.2) is 21.4 Å². The molecule has 132 valence electrons. The Morgan fingerprint density at radius 2 is 1.79 bits per heavy atom. The molecule has 5 nitrogen and oxygen atoms in total. The fourth-order valence-electron chi connectivity index (χ4n) is 2.78. The van der Waals surface area contributed by atoms with Crippen molar-refractivity contribution in [1.29, 1.82) is 0 Å². The highest BCUT2D eigenvalue weighted by molar-refractivity contribution is 5.88. The second-order valence-corrected chi connectivity index (χ2v) is 6.10. The Morgan fingerprint density at radius 1 is 1.04 bits per heavy atom. The first kappa shape index (κ1) is 18.2. The molecular formula is C19H27NO4. The second-order valence-electron chi connectivity index (χ2n) is 6.10. The van der Waals surface area contributed by atoms with E-state index < -0.39 is 5.56 Å². The van der Waals surface area contributed by atoms with Gasteiger partial charge in [0.1, 0.15) is 5.75 Å². The van der Waals surface area contributed by atoms with Crippen LogP contribution in [0.15, 0.2) is 23.0 Å². The van der Waals surface area contributed by atoms with Crippen molar-refractivity contribution in [3.63, 3.8) is 0 Å². The number of aryl methyl sites for hydroxylation is 1. The molecule has 0 aliphatic rings. The Labute approximate surface area is 142 Å². The van der Waals surface area contributed by atoms with Crippen LogP contribution in [0, 0.1) is 0 Å². The van der Waals surface area contributed by atoms with E-state index >= 15 is 0 Å². The summed E-state index contributed by atoms with van der Waals surface area (Å²) < 4.78 is 7.20. The van der Waals surface area contributed by atoms with E-state index in [2.05, 4.69) is 6.92 Å². The standard InChI is InChI=1S/C19H27NO4/c1-3-5-7-8-11-20-16-13-14(21)9-10-15(16)18(17(22)19(20)23)24-12-6-4-2/h9-10,13,21-22H,3-8,11-12H2,1-2H3.